The topological polar surface area (TPSA) is 28.5 Å². The van der Waals surface area contributed by atoms with E-state index in [1.54, 1.807) is 18.2 Å². The van der Waals surface area contributed by atoms with Crippen molar-refractivity contribution in [2.24, 2.45) is 0 Å². The fourth-order valence-electron chi connectivity index (χ4n) is 3.51. The molecular formula is C20H24FN3O. The van der Waals surface area contributed by atoms with E-state index in [2.05, 4.69) is 6.58 Å². The summed E-state index contributed by atoms with van der Waals surface area (Å²) in [7, 11) is 0. The summed E-state index contributed by atoms with van der Waals surface area (Å²) in [6, 6.07) is 8.82. The Kier molecular flexibility index (Phi) is 4.93. The minimum atomic E-state index is -0.214. The van der Waals surface area contributed by atoms with Gasteiger partial charge < -0.3 is 14.4 Å². The highest BCUT2D eigenvalue weighted by molar-refractivity contribution is 5.94. The molecule has 1 fully saturated rings. The molecule has 0 radical (unpaired) electrons. The van der Waals surface area contributed by atoms with Gasteiger partial charge in [0, 0.05) is 38.4 Å². The number of benzene rings is 1. The van der Waals surface area contributed by atoms with Gasteiger partial charge in [0.1, 0.15) is 11.5 Å². The minimum absolute atomic E-state index is 0.0423. The van der Waals surface area contributed by atoms with E-state index in [1.165, 1.54) is 6.07 Å². The third-order valence-corrected chi connectivity index (χ3v) is 4.77. The van der Waals surface area contributed by atoms with Crippen LogP contribution in [0.25, 0.3) is 0 Å². The summed E-state index contributed by atoms with van der Waals surface area (Å²) in [5.74, 6) is -0.172. The first-order valence-corrected chi connectivity index (χ1v) is 8.59. The normalized spacial score (nSPS) is 14.7. The molecule has 1 saturated heterocycles. The molecule has 5 heteroatoms. The number of hydrogen-bond acceptors (Lipinski definition) is 2. The van der Waals surface area contributed by atoms with E-state index in [-0.39, 0.29) is 11.7 Å². The Bertz CT molecular complexity index is 788. The number of carbonyl (C=O) groups excluding carboxylic acids is 1. The molecule has 2 aromatic rings. The smallest absolute Gasteiger partial charge is 0.270 e. The van der Waals surface area contributed by atoms with Crippen molar-refractivity contribution in [3.63, 3.8) is 0 Å². The third-order valence-electron chi connectivity index (χ3n) is 4.77. The first kappa shape index (κ1) is 17.3. The monoisotopic (exact) mass is 341 g/mol. The van der Waals surface area contributed by atoms with Crippen LogP contribution in [0.15, 0.2) is 43.0 Å². The number of allylic oxidation sites excluding steroid dienone is 1. The summed E-state index contributed by atoms with van der Waals surface area (Å²) < 4.78 is 16.0. The summed E-state index contributed by atoms with van der Waals surface area (Å²) in [6.07, 6.45) is 1.80. The Morgan fingerprint density at radius 3 is 2.52 bits per heavy atom. The summed E-state index contributed by atoms with van der Waals surface area (Å²) in [5, 5.41) is 0. The number of para-hydroxylation sites is 1. The highest BCUT2D eigenvalue weighted by Crippen LogP contribution is 2.22. The highest BCUT2D eigenvalue weighted by Gasteiger charge is 2.26. The molecule has 2 heterocycles. The van der Waals surface area contributed by atoms with Crippen molar-refractivity contribution in [1.82, 2.24) is 9.47 Å². The molecule has 0 aliphatic carbocycles. The van der Waals surface area contributed by atoms with Gasteiger partial charge in [-0.15, -0.1) is 6.58 Å². The zero-order valence-corrected chi connectivity index (χ0v) is 14.8. The number of aromatic nitrogens is 1. The minimum Gasteiger partial charge on any atom is -0.366 e. The second kappa shape index (κ2) is 7.13. The van der Waals surface area contributed by atoms with Gasteiger partial charge in [0.25, 0.3) is 5.91 Å². The van der Waals surface area contributed by atoms with E-state index in [9.17, 15) is 9.18 Å². The fourth-order valence-corrected chi connectivity index (χ4v) is 3.51. The molecule has 1 aromatic heterocycles. The maximum absolute atomic E-state index is 14.0. The second-order valence-electron chi connectivity index (χ2n) is 6.45. The van der Waals surface area contributed by atoms with Crippen molar-refractivity contribution in [2.75, 3.05) is 31.1 Å². The lowest BCUT2D eigenvalue weighted by atomic mass is 10.2. The van der Waals surface area contributed by atoms with E-state index < -0.39 is 0 Å². The summed E-state index contributed by atoms with van der Waals surface area (Å²) in [6.45, 7) is 10.8. The number of amides is 1. The van der Waals surface area contributed by atoms with Crippen LogP contribution in [0.5, 0.6) is 0 Å². The summed E-state index contributed by atoms with van der Waals surface area (Å²) >= 11 is 0. The van der Waals surface area contributed by atoms with E-state index in [0.29, 0.717) is 38.4 Å². The van der Waals surface area contributed by atoms with Gasteiger partial charge in [-0.3, -0.25) is 4.79 Å². The summed E-state index contributed by atoms with van der Waals surface area (Å²) in [5.41, 5.74) is 3.39. The van der Waals surface area contributed by atoms with Gasteiger partial charge in [-0.25, -0.2) is 4.39 Å². The maximum Gasteiger partial charge on any atom is 0.270 e. The predicted octanol–water partition coefficient (Wildman–Crippen LogP) is 3.39. The van der Waals surface area contributed by atoms with Gasteiger partial charge in [-0.2, -0.15) is 0 Å². The Labute approximate surface area is 148 Å². The Balaban J connectivity index is 1.74. The largest absolute Gasteiger partial charge is 0.366 e. The number of piperazine rings is 1. The average molecular weight is 341 g/mol. The lowest BCUT2D eigenvalue weighted by molar-refractivity contribution is 0.0735. The van der Waals surface area contributed by atoms with Gasteiger partial charge in [0.15, 0.2) is 0 Å². The molecule has 0 bridgehead atoms. The van der Waals surface area contributed by atoms with Crippen LogP contribution in [-0.4, -0.2) is 41.6 Å². The van der Waals surface area contributed by atoms with E-state index in [1.807, 2.05) is 40.3 Å². The van der Waals surface area contributed by atoms with E-state index in [0.717, 1.165) is 17.0 Å². The van der Waals surface area contributed by atoms with Crippen molar-refractivity contribution < 1.29 is 9.18 Å². The van der Waals surface area contributed by atoms with Crippen LogP contribution < -0.4 is 4.90 Å². The Hall–Kier alpha value is -2.56. The lowest BCUT2D eigenvalue weighted by Gasteiger charge is -2.36. The number of rotatable bonds is 4. The molecule has 0 spiro atoms. The molecule has 1 aliphatic rings. The molecule has 0 saturated carbocycles. The van der Waals surface area contributed by atoms with Gasteiger partial charge >= 0.3 is 0 Å². The molecule has 1 aliphatic heterocycles. The second-order valence-corrected chi connectivity index (χ2v) is 6.45. The third kappa shape index (κ3) is 3.31. The van der Waals surface area contributed by atoms with Crippen LogP contribution in [0.4, 0.5) is 10.1 Å². The predicted molar refractivity (Wildman–Crippen MR) is 98.6 cm³/mol. The first-order valence-electron chi connectivity index (χ1n) is 8.59. The van der Waals surface area contributed by atoms with E-state index in [4.69, 9.17) is 0 Å². The van der Waals surface area contributed by atoms with Crippen LogP contribution in [0.2, 0.25) is 0 Å². The summed E-state index contributed by atoms with van der Waals surface area (Å²) in [4.78, 5) is 16.9. The van der Waals surface area contributed by atoms with Gasteiger partial charge in [0.2, 0.25) is 0 Å². The number of aryl methyl sites for hydroxylation is 2. The molecule has 1 aromatic carbocycles. The number of carbonyl (C=O) groups is 1. The maximum atomic E-state index is 14.0. The Morgan fingerprint density at radius 2 is 1.88 bits per heavy atom. The van der Waals surface area contributed by atoms with Gasteiger partial charge in [0.05, 0.1) is 5.69 Å². The molecule has 3 rings (SSSR count). The van der Waals surface area contributed by atoms with Gasteiger partial charge in [-0.1, -0.05) is 18.2 Å². The van der Waals surface area contributed by atoms with Crippen molar-refractivity contribution in [3.05, 3.63) is 65.8 Å². The van der Waals surface area contributed by atoms with E-state index >= 15 is 0 Å². The molecule has 25 heavy (non-hydrogen) atoms. The fraction of sp³-hybridized carbons (Fsp3) is 0.350. The van der Waals surface area contributed by atoms with Crippen LogP contribution in [0.1, 0.15) is 21.7 Å². The SMILES string of the molecule is C=CCn1c(C)cc(C)c1C(=O)N1CCN(c2ccccc2F)CC1. The number of halogens is 1. The molecule has 0 atom stereocenters. The van der Waals surface area contributed by atoms with Crippen molar-refractivity contribution in [1.29, 1.82) is 0 Å². The van der Waals surface area contributed by atoms with Crippen molar-refractivity contribution >= 4 is 11.6 Å². The number of hydrogen-bond donors (Lipinski definition) is 0. The Morgan fingerprint density at radius 1 is 1.20 bits per heavy atom. The van der Waals surface area contributed by atoms with Gasteiger partial charge in [-0.05, 0) is 37.6 Å². The quantitative estimate of drug-likeness (QED) is 0.798. The van der Waals surface area contributed by atoms with Crippen molar-refractivity contribution in [3.8, 4) is 0 Å². The highest BCUT2D eigenvalue weighted by atomic mass is 19.1. The molecule has 1 amide bonds. The van der Waals surface area contributed by atoms with Crippen molar-refractivity contribution in [2.45, 2.75) is 20.4 Å². The molecule has 0 N–H and O–H groups in total. The van der Waals surface area contributed by atoms with Crippen LogP contribution in [0.3, 0.4) is 0 Å². The number of anilines is 1. The van der Waals surface area contributed by atoms with Crippen LogP contribution in [-0.2, 0) is 6.54 Å². The van der Waals surface area contributed by atoms with Crippen LogP contribution in [0, 0.1) is 19.7 Å². The molecule has 132 valence electrons. The molecule has 4 nitrogen and oxygen atoms in total. The molecular weight excluding hydrogens is 317 g/mol. The zero-order valence-electron chi connectivity index (χ0n) is 14.8. The lowest BCUT2D eigenvalue weighted by Crippen LogP contribution is -2.49. The number of nitrogens with zero attached hydrogens (tertiary/aromatic N) is 3. The standard InChI is InChI=1S/C20H24FN3O/c1-4-9-24-16(3)14-15(2)19(24)20(25)23-12-10-22(11-13-23)18-8-6-5-7-17(18)21/h4-8,14H,1,9-13H2,2-3H3. The van der Waals surface area contributed by atoms with Crippen LogP contribution >= 0.6 is 0 Å². The zero-order chi connectivity index (χ0) is 18.0. The molecule has 0 unspecified atom stereocenters. The average Bonchev–Trinajstić information content (AvgIpc) is 2.89. The first-order chi connectivity index (χ1) is 12.0.